The second-order valence-electron chi connectivity index (χ2n) is 3.79. The summed E-state index contributed by atoms with van der Waals surface area (Å²) in [6.45, 7) is 0.0271. The monoisotopic (exact) mass is 172 g/mol. The molecule has 0 heterocycles. The van der Waals surface area contributed by atoms with Gasteiger partial charge in [-0.1, -0.05) is 19.3 Å². The van der Waals surface area contributed by atoms with Crippen LogP contribution in [0.2, 0.25) is 0 Å². The number of carbonyl (C=O) groups is 1. The van der Waals surface area contributed by atoms with Gasteiger partial charge in [-0.15, -0.1) is 0 Å². The summed E-state index contributed by atoms with van der Waals surface area (Å²) in [5.41, 5.74) is -0.302. The van der Waals surface area contributed by atoms with Gasteiger partial charge in [-0.3, -0.25) is 4.79 Å². The van der Waals surface area contributed by atoms with Crippen molar-refractivity contribution in [3.05, 3.63) is 0 Å². The summed E-state index contributed by atoms with van der Waals surface area (Å²) in [5.74, 6) is -0.786. The number of rotatable bonds is 3. The van der Waals surface area contributed by atoms with E-state index >= 15 is 0 Å². The summed E-state index contributed by atoms with van der Waals surface area (Å²) in [7, 11) is 0. The third-order valence-corrected chi connectivity index (χ3v) is 2.78. The van der Waals surface area contributed by atoms with E-state index in [1.54, 1.807) is 0 Å². The number of carboxylic acids is 1. The van der Waals surface area contributed by atoms with E-state index in [1.165, 1.54) is 6.42 Å². The molecular formula is C9H16O3. The molecule has 0 radical (unpaired) electrons. The quantitative estimate of drug-likeness (QED) is 0.676. The van der Waals surface area contributed by atoms with Crippen LogP contribution in [0.15, 0.2) is 0 Å². The zero-order chi connectivity index (χ0) is 9.03. The number of aliphatic carboxylic acids is 1. The van der Waals surface area contributed by atoms with Gasteiger partial charge >= 0.3 is 5.97 Å². The van der Waals surface area contributed by atoms with Crippen molar-refractivity contribution in [2.75, 3.05) is 6.61 Å². The predicted octanol–water partition coefficient (Wildman–Crippen LogP) is 1.40. The first-order chi connectivity index (χ1) is 5.68. The molecular weight excluding hydrogens is 156 g/mol. The number of aliphatic hydroxyl groups excluding tert-OH is 1. The Balaban J connectivity index is 2.53. The third kappa shape index (κ3) is 2.21. The molecule has 0 unspecified atom stereocenters. The van der Waals surface area contributed by atoms with E-state index in [2.05, 4.69) is 0 Å². The van der Waals surface area contributed by atoms with Crippen LogP contribution < -0.4 is 0 Å². The summed E-state index contributed by atoms with van der Waals surface area (Å²) in [4.78, 5) is 10.5. The Hall–Kier alpha value is -0.570. The first kappa shape index (κ1) is 9.52. The SMILES string of the molecule is O=C(O)CC1(CO)CCCCC1. The predicted molar refractivity (Wildman–Crippen MR) is 44.9 cm³/mol. The van der Waals surface area contributed by atoms with Crippen LogP contribution in [0.4, 0.5) is 0 Å². The molecule has 1 aliphatic carbocycles. The molecule has 12 heavy (non-hydrogen) atoms. The van der Waals surface area contributed by atoms with Crippen molar-refractivity contribution >= 4 is 5.97 Å². The van der Waals surface area contributed by atoms with Gasteiger partial charge in [0.2, 0.25) is 0 Å². The van der Waals surface area contributed by atoms with E-state index in [0.29, 0.717) is 0 Å². The summed E-state index contributed by atoms with van der Waals surface area (Å²) in [6, 6.07) is 0. The fourth-order valence-corrected chi connectivity index (χ4v) is 2.01. The number of carboxylic acid groups (broad SMARTS) is 1. The maximum absolute atomic E-state index is 10.5. The molecule has 1 saturated carbocycles. The average Bonchev–Trinajstić information content (AvgIpc) is 2.05. The Labute approximate surface area is 72.4 Å². The van der Waals surface area contributed by atoms with Crippen molar-refractivity contribution < 1.29 is 15.0 Å². The van der Waals surface area contributed by atoms with Gasteiger partial charge in [0.1, 0.15) is 0 Å². The molecule has 1 fully saturated rings. The average molecular weight is 172 g/mol. The Morgan fingerprint density at radius 2 is 1.83 bits per heavy atom. The molecule has 0 aromatic carbocycles. The van der Waals surface area contributed by atoms with Crippen molar-refractivity contribution in [1.29, 1.82) is 0 Å². The van der Waals surface area contributed by atoms with E-state index in [9.17, 15) is 4.79 Å². The Morgan fingerprint density at radius 3 is 2.25 bits per heavy atom. The topological polar surface area (TPSA) is 57.5 Å². The highest BCUT2D eigenvalue weighted by atomic mass is 16.4. The molecule has 70 valence electrons. The van der Waals surface area contributed by atoms with E-state index < -0.39 is 5.97 Å². The van der Waals surface area contributed by atoms with Crippen molar-refractivity contribution in [3.63, 3.8) is 0 Å². The first-order valence-corrected chi connectivity index (χ1v) is 4.51. The second-order valence-corrected chi connectivity index (χ2v) is 3.79. The molecule has 3 heteroatoms. The van der Waals surface area contributed by atoms with Crippen molar-refractivity contribution in [2.45, 2.75) is 38.5 Å². The van der Waals surface area contributed by atoms with E-state index in [0.717, 1.165) is 25.7 Å². The minimum atomic E-state index is -0.786. The van der Waals surface area contributed by atoms with Crippen LogP contribution >= 0.6 is 0 Å². The lowest BCUT2D eigenvalue weighted by Crippen LogP contribution is -2.30. The fourth-order valence-electron chi connectivity index (χ4n) is 2.01. The number of aliphatic hydroxyl groups is 1. The normalized spacial score (nSPS) is 22.1. The van der Waals surface area contributed by atoms with Crippen LogP contribution in [0.5, 0.6) is 0 Å². The van der Waals surface area contributed by atoms with Gasteiger partial charge < -0.3 is 10.2 Å². The van der Waals surface area contributed by atoms with E-state index in [-0.39, 0.29) is 18.4 Å². The summed E-state index contributed by atoms with van der Waals surface area (Å²) in [6.07, 6.45) is 5.18. The molecule has 0 spiro atoms. The van der Waals surface area contributed by atoms with Gasteiger partial charge in [-0.05, 0) is 12.8 Å². The van der Waals surface area contributed by atoms with Crippen molar-refractivity contribution in [2.24, 2.45) is 5.41 Å². The van der Waals surface area contributed by atoms with Crippen LogP contribution in [0.3, 0.4) is 0 Å². The standard InChI is InChI=1S/C9H16O3/c10-7-9(6-8(11)12)4-2-1-3-5-9/h10H,1-7H2,(H,11,12). The lowest BCUT2D eigenvalue weighted by Gasteiger charge is -2.33. The molecule has 0 bridgehead atoms. The zero-order valence-electron chi connectivity index (χ0n) is 7.25. The lowest BCUT2D eigenvalue weighted by molar-refractivity contribution is -0.141. The van der Waals surface area contributed by atoms with E-state index in [1.807, 2.05) is 0 Å². The molecule has 0 saturated heterocycles. The first-order valence-electron chi connectivity index (χ1n) is 4.51. The summed E-state index contributed by atoms with van der Waals surface area (Å²) in [5, 5.41) is 17.8. The Morgan fingerprint density at radius 1 is 1.25 bits per heavy atom. The van der Waals surface area contributed by atoms with Crippen LogP contribution in [0, 0.1) is 5.41 Å². The molecule has 0 aliphatic heterocycles. The van der Waals surface area contributed by atoms with Crippen LogP contribution in [0.25, 0.3) is 0 Å². The van der Waals surface area contributed by atoms with Gasteiger partial charge in [0.25, 0.3) is 0 Å². The molecule has 0 amide bonds. The summed E-state index contributed by atoms with van der Waals surface area (Å²) >= 11 is 0. The maximum Gasteiger partial charge on any atom is 0.303 e. The zero-order valence-corrected chi connectivity index (χ0v) is 7.25. The highest BCUT2D eigenvalue weighted by Crippen LogP contribution is 2.38. The fraction of sp³-hybridized carbons (Fsp3) is 0.889. The van der Waals surface area contributed by atoms with Crippen molar-refractivity contribution in [1.82, 2.24) is 0 Å². The number of hydrogen-bond donors (Lipinski definition) is 2. The molecule has 0 aromatic rings. The van der Waals surface area contributed by atoms with Gasteiger partial charge in [0.05, 0.1) is 6.42 Å². The van der Waals surface area contributed by atoms with Crippen molar-refractivity contribution in [3.8, 4) is 0 Å². The molecule has 0 atom stereocenters. The smallest absolute Gasteiger partial charge is 0.303 e. The Kier molecular flexibility index (Phi) is 3.09. The second kappa shape index (κ2) is 3.90. The molecule has 2 N–H and O–H groups in total. The minimum Gasteiger partial charge on any atom is -0.481 e. The maximum atomic E-state index is 10.5. The van der Waals surface area contributed by atoms with Crippen LogP contribution in [0.1, 0.15) is 38.5 Å². The van der Waals surface area contributed by atoms with Gasteiger partial charge in [-0.2, -0.15) is 0 Å². The molecule has 1 aliphatic rings. The van der Waals surface area contributed by atoms with E-state index in [4.69, 9.17) is 10.2 Å². The minimum absolute atomic E-state index is 0.0271. The van der Waals surface area contributed by atoms with Gasteiger partial charge in [-0.25, -0.2) is 0 Å². The van der Waals surface area contributed by atoms with Crippen LogP contribution in [-0.4, -0.2) is 22.8 Å². The van der Waals surface area contributed by atoms with Gasteiger partial charge in [0, 0.05) is 12.0 Å². The highest BCUT2D eigenvalue weighted by Gasteiger charge is 2.33. The Bertz CT molecular complexity index is 159. The molecule has 3 nitrogen and oxygen atoms in total. The molecule has 1 rings (SSSR count). The number of hydrogen-bond acceptors (Lipinski definition) is 2. The highest BCUT2D eigenvalue weighted by molar-refractivity contribution is 5.67. The largest absolute Gasteiger partial charge is 0.481 e. The molecule has 0 aromatic heterocycles. The van der Waals surface area contributed by atoms with Gasteiger partial charge in [0.15, 0.2) is 0 Å². The third-order valence-electron chi connectivity index (χ3n) is 2.78. The lowest BCUT2D eigenvalue weighted by atomic mass is 9.72. The van der Waals surface area contributed by atoms with Crippen LogP contribution in [-0.2, 0) is 4.79 Å². The summed E-state index contributed by atoms with van der Waals surface area (Å²) < 4.78 is 0.